The Morgan fingerprint density at radius 1 is 1.18 bits per heavy atom. The Balaban J connectivity index is 2.90. The van der Waals surface area contributed by atoms with Gasteiger partial charge < -0.3 is 0 Å². The molecule has 1 aromatic carbocycles. The molecule has 0 aliphatic rings. The Kier molecular flexibility index (Phi) is 5.45. The maximum atomic E-state index is 4.46. The lowest BCUT2D eigenvalue weighted by Gasteiger charge is -1.97. The number of allylic oxidation sites excluding steroid dienone is 5. The molecule has 0 saturated heterocycles. The predicted molar refractivity (Wildman–Crippen MR) is 77.8 cm³/mol. The molecule has 0 atom stereocenters. The normalized spacial score (nSPS) is 12.2. The van der Waals surface area contributed by atoms with E-state index in [9.17, 15) is 0 Å². The van der Waals surface area contributed by atoms with Crippen LogP contribution in [0.25, 0.3) is 6.08 Å². The molecule has 0 radical (unpaired) electrons. The fourth-order valence-electron chi connectivity index (χ4n) is 1.31. The topological polar surface area (TPSA) is 12.4 Å². The third kappa shape index (κ3) is 4.47. The summed E-state index contributed by atoms with van der Waals surface area (Å²) in [5.41, 5.74) is 2.92. The highest BCUT2D eigenvalue weighted by Gasteiger charge is 1.91. The molecule has 0 aromatic heterocycles. The van der Waals surface area contributed by atoms with E-state index in [0.717, 1.165) is 17.0 Å². The SMILES string of the molecule is C=C/C=C\c1ccc(N=C(C=C)/C=C\C)cc1. The van der Waals surface area contributed by atoms with E-state index in [-0.39, 0.29) is 0 Å². The minimum absolute atomic E-state index is 0.863. The first-order chi connectivity index (χ1) is 8.30. The Labute approximate surface area is 103 Å². The van der Waals surface area contributed by atoms with E-state index in [1.54, 1.807) is 12.2 Å². The Bertz CT molecular complexity index is 459. The van der Waals surface area contributed by atoms with E-state index in [1.165, 1.54) is 0 Å². The van der Waals surface area contributed by atoms with Crippen LogP contribution in [0.15, 0.2) is 72.8 Å². The van der Waals surface area contributed by atoms with Crippen LogP contribution >= 0.6 is 0 Å². The molecule has 0 bridgehead atoms. The molecule has 1 nitrogen and oxygen atoms in total. The molecule has 0 unspecified atom stereocenters. The quantitative estimate of drug-likeness (QED) is 0.506. The zero-order valence-corrected chi connectivity index (χ0v) is 10.1. The van der Waals surface area contributed by atoms with Crippen LogP contribution in [0.2, 0.25) is 0 Å². The molecule has 0 spiro atoms. The van der Waals surface area contributed by atoms with Gasteiger partial charge in [0.1, 0.15) is 0 Å². The Morgan fingerprint density at radius 2 is 1.88 bits per heavy atom. The average molecular weight is 223 g/mol. The molecule has 0 N–H and O–H groups in total. The second-order valence-corrected chi connectivity index (χ2v) is 3.43. The molecule has 17 heavy (non-hydrogen) atoms. The summed E-state index contributed by atoms with van der Waals surface area (Å²) in [4.78, 5) is 4.46. The molecule has 0 amide bonds. The molecule has 0 aliphatic carbocycles. The molecule has 0 heterocycles. The van der Waals surface area contributed by atoms with Gasteiger partial charge in [-0.2, -0.15) is 0 Å². The summed E-state index contributed by atoms with van der Waals surface area (Å²) >= 11 is 0. The number of aliphatic imine (C=N–C) groups is 1. The van der Waals surface area contributed by atoms with E-state index >= 15 is 0 Å². The van der Waals surface area contributed by atoms with Crippen molar-refractivity contribution in [3.8, 4) is 0 Å². The minimum Gasteiger partial charge on any atom is -0.249 e. The summed E-state index contributed by atoms with van der Waals surface area (Å²) in [5.74, 6) is 0. The van der Waals surface area contributed by atoms with Crippen LogP contribution in [0.5, 0.6) is 0 Å². The number of benzene rings is 1. The van der Waals surface area contributed by atoms with Crippen molar-refractivity contribution < 1.29 is 0 Å². The fourth-order valence-corrected chi connectivity index (χ4v) is 1.31. The number of hydrogen-bond acceptors (Lipinski definition) is 1. The first-order valence-corrected chi connectivity index (χ1v) is 5.53. The van der Waals surface area contributed by atoms with E-state index < -0.39 is 0 Å². The van der Waals surface area contributed by atoms with Crippen LogP contribution in [0.1, 0.15) is 12.5 Å². The van der Waals surface area contributed by atoms with Gasteiger partial charge in [-0.25, -0.2) is 4.99 Å². The second-order valence-electron chi connectivity index (χ2n) is 3.43. The maximum absolute atomic E-state index is 4.46. The summed E-state index contributed by atoms with van der Waals surface area (Å²) in [6.45, 7) is 9.33. The van der Waals surface area contributed by atoms with E-state index in [1.807, 2.05) is 55.5 Å². The van der Waals surface area contributed by atoms with E-state index in [2.05, 4.69) is 18.2 Å². The smallest absolute Gasteiger partial charge is 0.0637 e. The summed E-state index contributed by atoms with van der Waals surface area (Å²) in [6.07, 6.45) is 11.3. The molecule has 0 fully saturated rings. The zero-order valence-electron chi connectivity index (χ0n) is 10.1. The van der Waals surface area contributed by atoms with Gasteiger partial charge in [-0.1, -0.05) is 49.6 Å². The molecule has 0 aliphatic heterocycles. The van der Waals surface area contributed by atoms with Crippen molar-refractivity contribution in [2.24, 2.45) is 4.99 Å². The van der Waals surface area contributed by atoms with Gasteiger partial charge in [-0.3, -0.25) is 0 Å². The van der Waals surface area contributed by atoms with Crippen LogP contribution < -0.4 is 0 Å². The van der Waals surface area contributed by atoms with E-state index in [0.29, 0.717) is 0 Å². The van der Waals surface area contributed by atoms with E-state index in [4.69, 9.17) is 0 Å². The first kappa shape index (κ1) is 12.9. The highest BCUT2D eigenvalue weighted by atomic mass is 14.7. The van der Waals surface area contributed by atoms with Crippen molar-refractivity contribution in [3.05, 3.63) is 73.4 Å². The van der Waals surface area contributed by atoms with Crippen molar-refractivity contribution in [2.45, 2.75) is 6.92 Å². The van der Waals surface area contributed by atoms with Gasteiger partial charge >= 0.3 is 0 Å². The van der Waals surface area contributed by atoms with Gasteiger partial charge in [-0.15, -0.1) is 0 Å². The lowest BCUT2D eigenvalue weighted by Crippen LogP contribution is -1.84. The second kappa shape index (κ2) is 7.18. The lowest BCUT2D eigenvalue weighted by molar-refractivity contribution is 1.51. The first-order valence-electron chi connectivity index (χ1n) is 5.53. The third-order valence-electron chi connectivity index (χ3n) is 2.12. The highest BCUT2D eigenvalue weighted by Crippen LogP contribution is 2.14. The molecule has 0 saturated carbocycles. The van der Waals surface area contributed by atoms with Gasteiger partial charge in [0, 0.05) is 0 Å². The standard InChI is InChI=1S/C16H17N/c1-4-7-9-14-10-12-16(13-11-14)17-15(6-3)8-5-2/h4-13H,1,3H2,2H3/b8-5-,9-7-,17-15?. The van der Waals surface area contributed by atoms with Crippen LogP contribution in [-0.4, -0.2) is 5.71 Å². The maximum Gasteiger partial charge on any atom is 0.0637 e. The molecule has 1 rings (SSSR count). The monoisotopic (exact) mass is 223 g/mol. The zero-order chi connectivity index (χ0) is 12.5. The van der Waals surface area contributed by atoms with Gasteiger partial charge in [0.15, 0.2) is 0 Å². The summed E-state index contributed by atoms with van der Waals surface area (Å²) in [7, 11) is 0. The van der Waals surface area contributed by atoms with Crippen LogP contribution in [0.4, 0.5) is 5.69 Å². The van der Waals surface area contributed by atoms with Gasteiger partial charge in [0.25, 0.3) is 0 Å². The predicted octanol–water partition coefficient (Wildman–Crippen LogP) is 4.72. The third-order valence-corrected chi connectivity index (χ3v) is 2.12. The van der Waals surface area contributed by atoms with Gasteiger partial charge in [0.2, 0.25) is 0 Å². The Morgan fingerprint density at radius 3 is 2.41 bits per heavy atom. The summed E-state index contributed by atoms with van der Waals surface area (Å²) in [6, 6.07) is 8.01. The largest absolute Gasteiger partial charge is 0.249 e. The molecule has 1 aromatic rings. The number of rotatable bonds is 5. The number of hydrogen-bond donors (Lipinski definition) is 0. The van der Waals surface area contributed by atoms with Crippen molar-refractivity contribution >= 4 is 17.5 Å². The molecular formula is C16H17N. The average Bonchev–Trinajstić information content (AvgIpc) is 2.37. The van der Waals surface area contributed by atoms with Gasteiger partial charge in [0.05, 0.1) is 11.4 Å². The Hall–Kier alpha value is -2.15. The van der Waals surface area contributed by atoms with Crippen molar-refractivity contribution in [2.75, 3.05) is 0 Å². The molecule has 86 valence electrons. The lowest BCUT2D eigenvalue weighted by atomic mass is 10.2. The fraction of sp³-hybridized carbons (Fsp3) is 0.0625. The molecule has 1 heteroatoms. The summed E-state index contributed by atoms with van der Waals surface area (Å²) in [5, 5.41) is 0. The minimum atomic E-state index is 0.863. The van der Waals surface area contributed by atoms with Crippen molar-refractivity contribution in [3.63, 3.8) is 0 Å². The molecular weight excluding hydrogens is 206 g/mol. The highest BCUT2D eigenvalue weighted by molar-refractivity contribution is 6.04. The van der Waals surface area contributed by atoms with Crippen molar-refractivity contribution in [1.29, 1.82) is 0 Å². The van der Waals surface area contributed by atoms with Crippen LogP contribution in [0.3, 0.4) is 0 Å². The van der Waals surface area contributed by atoms with Gasteiger partial charge in [-0.05, 0) is 36.8 Å². The summed E-state index contributed by atoms with van der Waals surface area (Å²) < 4.78 is 0. The van der Waals surface area contributed by atoms with Crippen LogP contribution in [-0.2, 0) is 0 Å². The van der Waals surface area contributed by atoms with Crippen molar-refractivity contribution in [1.82, 2.24) is 0 Å². The number of nitrogens with zero attached hydrogens (tertiary/aromatic N) is 1. The van der Waals surface area contributed by atoms with Crippen LogP contribution in [0, 0.1) is 0 Å².